The zero-order chi connectivity index (χ0) is 15.7. The molecule has 1 rings (SSSR count). The first-order valence-corrected chi connectivity index (χ1v) is 4.97. The zero-order valence-corrected chi connectivity index (χ0v) is 10.1. The summed E-state index contributed by atoms with van der Waals surface area (Å²) in [6, 6.07) is 0.500. The monoisotopic (exact) mass is 302 g/mol. The molecule has 0 aromatic heterocycles. The molecule has 1 aromatic rings. The summed E-state index contributed by atoms with van der Waals surface area (Å²) in [6.07, 6.45) is -10.2. The number of methoxy groups -OCH3 is 2. The van der Waals surface area contributed by atoms with Gasteiger partial charge >= 0.3 is 18.3 Å². The van der Waals surface area contributed by atoms with Gasteiger partial charge in [-0.25, -0.2) is 4.79 Å². The van der Waals surface area contributed by atoms with Crippen molar-refractivity contribution in [3.8, 4) is 5.75 Å². The van der Waals surface area contributed by atoms with Crippen LogP contribution in [0.25, 0.3) is 0 Å². The van der Waals surface area contributed by atoms with Crippen molar-refractivity contribution in [1.82, 2.24) is 0 Å². The number of benzene rings is 1. The molecule has 0 N–H and O–H groups in total. The van der Waals surface area contributed by atoms with Crippen LogP contribution >= 0.6 is 0 Å². The molecule has 0 aliphatic carbocycles. The van der Waals surface area contributed by atoms with E-state index in [0.29, 0.717) is 7.11 Å². The summed E-state index contributed by atoms with van der Waals surface area (Å²) in [7, 11) is 1.52. The normalized spacial score (nSPS) is 12.2. The molecule has 0 fully saturated rings. The molecule has 112 valence electrons. The average Bonchev–Trinajstić information content (AvgIpc) is 2.33. The number of hydrogen-bond acceptors (Lipinski definition) is 3. The van der Waals surface area contributed by atoms with Gasteiger partial charge < -0.3 is 9.47 Å². The summed E-state index contributed by atoms with van der Waals surface area (Å²) < 4.78 is 84.8. The molecule has 0 saturated heterocycles. The van der Waals surface area contributed by atoms with Crippen LogP contribution in [-0.4, -0.2) is 20.2 Å². The maximum Gasteiger partial charge on any atom is 0.420 e. The van der Waals surface area contributed by atoms with Gasteiger partial charge in [-0.3, -0.25) is 0 Å². The lowest BCUT2D eigenvalue weighted by atomic mass is 10.0. The lowest BCUT2D eigenvalue weighted by Gasteiger charge is -2.18. The van der Waals surface area contributed by atoms with Gasteiger partial charge in [-0.05, 0) is 12.1 Å². The number of esters is 1. The molecule has 1 aromatic carbocycles. The van der Waals surface area contributed by atoms with Crippen LogP contribution in [0.15, 0.2) is 12.1 Å². The summed E-state index contributed by atoms with van der Waals surface area (Å²) >= 11 is 0. The third kappa shape index (κ3) is 3.14. The van der Waals surface area contributed by atoms with E-state index in [9.17, 15) is 31.1 Å². The smallest absolute Gasteiger partial charge is 0.420 e. The van der Waals surface area contributed by atoms with E-state index < -0.39 is 40.8 Å². The number of carbonyl (C=O) groups is 1. The maximum absolute atomic E-state index is 12.8. The second kappa shape index (κ2) is 5.22. The fraction of sp³-hybridized carbons (Fsp3) is 0.364. The third-order valence-electron chi connectivity index (χ3n) is 2.32. The molecule has 0 saturated carbocycles. The van der Waals surface area contributed by atoms with E-state index in [1.54, 1.807) is 0 Å². The second-order valence-corrected chi connectivity index (χ2v) is 3.59. The van der Waals surface area contributed by atoms with Crippen LogP contribution < -0.4 is 4.74 Å². The van der Waals surface area contributed by atoms with Crippen molar-refractivity contribution in [2.24, 2.45) is 0 Å². The summed E-state index contributed by atoms with van der Waals surface area (Å²) in [6.45, 7) is 0. The fourth-order valence-corrected chi connectivity index (χ4v) is 1.51. The van der Waals surface area contributed by atoms with Crippen molar-refractivity contribution < 1.29 is 40.6 Å². The summed E-state index contributed by atoms with van der Waals surface area (Å²) in [4.78, 5) is 11.2. The first-order chi connectivity index (χ1) is 9.02. The molecule has 20 heavy (non-hydrogen) atoms. The Hall–Kier alpha value is -1.93. The minimum atomic E-state index is -5.12. The molecule has 0 atom stereocenters. The SMILES string of the molecule is COC(=O)c1cc(C(F)(F)F)c(OC)c(C(F)(F)F)c1. The van der Waals surface area contributed by atoms with Crippen LogP contribution in [0.3, 0.4) is 0 Å². The molecule has 0 radical (unpaired) electrons. The highest BCUT2D eigenvalue weighted by Gasteiger charge is 2.43. The number of ether oxygens (including phenoxy) is 2. The van der Waals surface area contributed by atoms with Crippen molar-refractivity contribution in [1.29, 1.82) is 0 Å². The van der Waals surface area contributed by atoms with E-state index >= 15 is 0 Å². The maximum atomic E-state index is 12.8. The van der Waals surface area contributed by atoms with Crippen LogP contribution in [0.5, 0.6) is 5.75 Å². The predicted molar refractivity (Wildman–Crippen MR) is 54.3 cm³/mol. The molecule has 0 aliphatic rings. The molecule has 3 nitrogen and oxygen atoms in total. The van der Waals surface area contributed by atoms with Crippen LogP contribution in [0, 0.1) is 0 Å². The number of hydrogen-bond donors (Lipinski definition) is 0. The Morgan fingerprint density at radius 3 is 1.60 bits per heavy atom. The van der Waals surface area contributed by atoms with E-state index in [0.717, 1.165) is 7.11 Å². The number of alkyl halides is 6. The Bertz CT molecular complexity index is 483. The summed E-state index contributed by atoms with van der Waals surface area (Å²) in [5, 5.41) is 0. The van der Waals surface area contributed by atoms with E-state index in [4.69, 9.17) is 0 Å². The Morgan fingerprint density at radius 1 is 0.950 bits per heavy atom. The number of carbonyl (C=O) groups excluding carboxylic acids is 1. The first-order valence-electron chi connectivity index (χ1n) is 4.97. The predicted octanol–water partition coefficient (Wildman–Crippen LogP) is 3.52. The van der Waals surface area contributed by atoms with Gasteiger partial charge in [-0.15, -0.1) is 0 Å². The topological polar surface area (TPSA) is 35.5 Å². The molecule has 0 spiro atoms. The lowest BCUT2D eigenvalue weighted by molar-refractivity contribution is -0.145. The minimum absolute atomic E-state index is 0.250. The fourth-order valence-electron chi connectivity index (χ4n) is 1.51. The van der Waals surface area contributed by atoms with Gasteiger partial charge in [0, 0.05) is 0 Å². The average molecular weight is 302 g/mol. The van der Waals surface area contributed by atoms with Crippen molar-refractivity contribution in [3.63, 3.8) is 0 Å². The Kier molecular flexibility index (Phi) is 4.21. The van der Waals surface area contributed by atoms with Crippen molar-refractivity contribution in [2.45, 2.75) is 12.4 Å². The quantitative estimate of drug-likeness (QED) is 0.619. The van der Waals surface area contributed by atoms with Gasteiger partial charge in [0.05, 0.1) is 30.9 Å². The molecule has 0 unspecified atom stereocenters. The largest absolute Gasteiger partial charge is 0.495 e. The van der Waals surface area contributed by atoms with Gasteiger partial charge in [-0.2, -0.15) is 26.3 Å². The molecular weight excluding hydrogens is 294 g/mol. The second-order valence-electron chi connectivity index (χ2n) is 3.59. The number of halogens is 6. The highest BCUT2D eigenvalue weighted by Crippen LogP contribution is 2.44. The Balaban J connectivity index is 3.70. The summed E-state index contributed by atoms with van der Waals surface area (Å²) in [5.74, 6) is -2.71. The molecule has 0 amide bonds. The Morgan fingerprint density at radius 2 is 1.35 bits per heavy atom. The van der Waals surface area contributed by atoms with Crippen molar-refractivity contribution in [3.05, 3.63) is 28.8 Å². The standard InChI is InChI=1S/C11H8F6O3/c1-19-8-6(10(12,13)14)3-5(9(18)20-2)4-7(8)11(15,16)17/h3-4H,1-2H3. The lowest BCUT2D eigenvalue weighted by Crippen LogP contribution is -2.16. The third-order valence-corrected chi connectivity index (χ3v) is 2.32. The van der Waals surface area contributed by atoms with Crippen LogP contribution in [0.1, 0.15) is 21.5 Å². The van der Waals surface area contributed by atoms with Crippen LogP contribution in [0.4, 0.5) is 26.3 Å². The zero-order valence-electron chi connectivity index (χ0n) is 10.1. The first kappa shape index (κ1) is 16.1. The van der Waals surface area contributed by atoms with E-state index in [-0.39, 0.29) is 12.1 Å². The van der Waals surface area contributed by atoms with E-state index in [2.05, 4.69) is 9.47 Å². The van der Waals surface area contributed by atoms with Gasteiger partial charge in [0.2, 0.25) is 0 Å². The highest BCUT2D eigenvalue weighted by molar-refractivity contribution is 5.90. The van der Waals surface area contributed by atoms with Crippen LogP contribution in [0.2, 0.25) is 0 Å². The number of rotatable bonds is 2. The van der Waals surface area contributed by atoms with E-state index in [1.165, 1.54) is 0 Å². The molecule has 9 heteroatoms. The van der Waals surface area contributed by atoms with Gasteiger partial charge in [0.1, 0.15) is 5.75 Å². The summed E-state index contributed by atoms with van der Waals surface area (Å²) in [5.41, 5.74) is -4.27. The molecular formula is C11H8F6O3. The molecule has 0 aliphatic heterocycles. The van der Waals surface area contributed by atoms with Crippen molar-refractivity contribution in [2.75, 3.05) is 14.2 Å². The highest BCUT2D eigenvalue weighted by atomic mass is 19.4. The molecule has 0 bridgehead atoms. The minimum Gasteiger partial charge on any atom is -0.495 e. The molecule has 0 heterocycles. The van der Waals surface area contributed by atoms with E-state index in [1.807, 2.05) is 0 Å². The Labute approximate surface area is 109 Å². The van der Waals surface area contributed by atoms with Gasteiger partial charge in [0.15, 0.2) is 0 Å². The van der Waals surface area contributed by atoms with Gasteiger partial charge in [0.25, 0.3) is 0 Å². The van der Waals surface area contributed by atoms with Crippen LogP contribution in [-0.2, 0) is 17.1 Å². The van der Waals surface area contributed by atoms with Gasteiger partial charge in [-0.1, -0.05) is 0 Å². The van der Waals surface area contributed by atoms with Crippen molar-refractivity contribution >= 4 is 5.97 Å².